The van der Waals surface area contributed by atoms with Crippen molar-refractivity contribution in [2.45, 2.75) is 44.7 Å². The molecule has 0 aliphatic carbocycles. The molecule has 4 N–H and O–H groups in total. The van der Waals surface area contributed by atoms with Crippen molar-refractivity contribution < 1.29 is 27.5 Å². The molecular weight excluding hydrogens is 606 g/mol. The Kier molecular flexibility index (Phi) is 10.5. The molecule has 0 bridgehead atoms. The molecule has 44 heavy (non-hydrogen) atoms. The summed E-state index contributed by atoms with van der Waals surface area (Å²) >= 11 is 6.13. The molecule has 13 heteroatoms. The molecule has 0 saturated carbocycles. The molecule has 3 aromatic carbocycles. The molecule has 0 unspecified atom stereocenters. The Bertz CT molecular complexity index is 1700. The van der Waals surface area contributed by atoms with Crippen molar-refractivity contribution in [2.24, 2.45) is 10.7 Å². The van der Waals surface area contributed by atoms with E-state index in [1.807, 2.05) is 30.3 Å². The van der Waals surface area contributed by atoms with E-state index < -0.39 is 27.9 Å². The molecule has 0 fully saturated rings. The van der Waals surface area contributed by atoms with Crippen LogP contribution in [0.3, 0.4) is 0 Å². The minimum absolute atomic E-state index is 0.0123. The lowest BCUT2D eigenvalue weighted by molar-refractivity contribution is -0.131. The Balaban J connectivity index is 1.31. The van der Waals surface area contributed by atoms with Crippen molar-refractivity contribution in [3.8, 4) is 0 Å². The van der Waals surface area contributed by atoms with Crippen LogP contribution >= 0.6 is 11.6 Å². The number of nitrogens with one attached hydrogen (secondary N) is 2. The van der Waals surface area contributed by atoms with Crippen LogP contribution in [0.25, 0.3) is 0 Å². The fraction of sp³-hybridized carbons (Fsp3) is 0.226. The SMILES string of the molecule is CC1=C(CC(=O)NCc2ccc(C(N)=NC(=O)OCc3ccccc3)cc2)C(=O)N(NS(=O)(=O)c2c(C)cccc2Cl)CC1. The zero-order chi connectivity index (χ0) is 31.9. The number of amidine groups is 1. The Hall–Kier alpha value is -4.52. The number of benzene rings is 3. The molecule has 3 amide bonds. The predicted molar refractivity (Wildman–Crippen MR) is 166 cm³/mol. The molecule has 0 radical (unpaired) electrons. The number of aliphatic imine (C=N–C) groups is 1. The molecule has 3 aromatic rings. The van der Waals surface area contributed by atoms with Crippen LogP contribution in [0, 0.1) is 6.92 Å². The lowest BCUT2D eigenvalue weighted by Crippen LogP contribution is -2.49. The maximum Gasteiger partial charge on any atom is 0.435 e. The van der Waals surface area contributed by atoms with Crippen LogP contribution in [0.1, 0.15) is 42.0 Å². The highest BCUT2D eigenvalue weighted by Gasteiger charge is 2.31. The average Bonchev–Trinajstić information content (AvgIpc) is 2.99. The molecule has 1 aliphatic heterocycles. The smallest absolute Gasteiger partial charge is 0.435 e. The van der Waals surface area contributed by atoms with Crippen LogP contribution in [-0.2, 0) is 37.5 Å². The summed E-state index contributed by atoms with van der Waals surface area (Å²) in [5, 5.41) is 3.80. The second-order valence-corrected chi connectivity index (χ2v) is 12.1. The zero-order valence-electron chi connectivity index (χ0n) is 24.2. The average molecular weight is 638 g/mol. The van der Waals surface area contributed by atoms with Crippen molar-refractivity contribution in [2.75, 3.05) is 6.54 Å². The maximum atomic E-state index is 13.2. The van der Waals surface area contributed by atoms with Gasteiger partial charge in [0.1, 0.15) is 17.3 Å². The molecule has 1 aliphatic rings. The number of rotatable bonds is 10. The summed E-state index contributed by atoms with van der Waals surface area (Å²) in [5.41, 5.74) is 9.37. The van der Waals surface area contributed by atoms with Crippen LogP contribution in [-0.4, -0.2) is 43.7 Å². The van der Waals surface area contributed by atoms with Gasteiger partial charge in [0.05, 0.1) is 11.4 Å². The van der Waals surface area contributed by atoms with Gasteiger partial charge in [-0.2, -0.15) is 4.99 Å². The van der Waals surface area contributed by atoms with E-state index in [9.17, 15) is 22.8 Å². The van der Waals surface area contributed by atoms with Crippen LogP contribution < -0.4 is 15.9 Å². The monoisotopic (exact) mass is 637 g/mol. The molecule has 0 atom stereocenters. The number of nitrogens with zero attached hydrogens (tertiary/aromatic N) is 2. The van der Waals surface area contributed by atoms with Crippen molar-refractivity contribution in [3.63, 3.8) is 0 Å². The van der Waals surface area contributed by atoms with E-state index in [1.54, 1.807) is 50.2 Å². The summed E-state index contributed by atoms with van der Waals surface area (Å²) in [6.45, 7) is 3.71. The number of nitrogens with two attached hydrogens (primary N) is 1. The number of ether oxygens (including phenoxy) is 1. The fourth-order valence-electron chi connectivity index (χ4n) is 4.47. The van der Waals surface area contributed by atoms with E-state index in [2.05, 4.69) is 15.1 Å². The van der Waals surface area contributed by atoms with Gasteiger partial charge in [-0.1, -0.05) is 83.9 Å². The fourth-order valence-corrected chi connectivity index (χ4v) is 6.37. The largest absolute Gasteiger partial charge is 0.443 e. The first kappa shape index (κ1) is 32.4. The normalized spacial score (nSPS) is 14.0. The van der Waals surface area contributed by atoms with Crippen molar-refractivity contribution in [1.82, 2.24) is 15.2 Å². The van der Waals surface area contributed by atoms with Crippen LogP contribution in [0.5, 0.6) is 0 Å². The quantitative estimate of drug-likeness (QED) is 0.222. The number of carbonyl (C=O) groups is 3. The highest BCUT2D eigenvalue weighted by atomic mass is 35.5. The van der Waals surface area contributed by atoms with Gasteiger partial charge in [0.15, 0.2) is 0 Å². The number of carbonyl (C=O) groups excluding carboxylic acids is 3. The maximum absolute atomic E-state index is 13.2. The third-order valence-electron chi connectivity index (χ3n) is 6.89. The molecule has 0 saturated heterocycles. The van der Waals surface area contributed by atoms with Gasteiger partial charge in [-0.25, -0.2) is 13.2 Å². The van der Waals surface area contributed by atoms with Gasteiger partial charge >= 0.3 is 6.09 Å². The summed E-state index contributed by atoms with van der Waals surface area (Å²) in [5.74, 6) is -1.02. The minimum atomic E-state index is -4.14. The second-order valence-electron chi connectivity index (χ2n) is 10.1. The molecule has 4 rings (SSSR count). The summed E-state index contributed by atoms with van der Waals surface area (Å²) < 4.78 is 31.2. The first-order valence-electron chi connectivity index (χ1n) is 13.6. The van der Waals surface area contributed by atoms with Gasteiger partial charge in [-0.05, 0) is 43.0 Å². The van der Waals surface area contributed by atoms with Gasteiger partial charge in [0.25, 0.3) is 15.9 Å². The number of halogens is 1. The summed E-state index contributed by atoms with van der Waals surface area (Å²) in [4.78, 5) is 44.0. The summed E-state index contributed by atoms with van der Waals surface area (Å²) in [6.07, 6.45) is -0.644. The molecule has 0 spiro atoms. The third-order valence-corrected chi connectivity index (χ3v) is 8.85. The lowest BCUT2D eigenvalue weighted by Gasteiger charge is -2.29. The lowest BCUT2D eigenvalue weighted by atomic mass is 9.98. The van der Waals surface area contributed by atoms with E-state index >= 15 is 0 Å². The van der Waals surface area contributed by atoms with Crippen LogP contribution in [0.4, 0.5) is 4.79 Å². The topological polar surface area (TPSA) is 160 Å². The number of hydrazine groups is 1. The number of hydrogen-bond acceptors (Lipinski definition) is 6. The van der Waals surface area contributed by atoms with Crippen LogP contribution in [0.2, 0.25) is 5.02 Å². The van der Waals surface area contributed by atoms with E-state index in [0.717, 1.165) is 16.1 Å². The molecule has 230 valence electrons. The van der Waals surface area contributed by atoms with E-state index in [1.165, 1.54) is 6.07 Å². The zero-order valence-corrected chi connectivity index (χ0v) is 25.7. The van der Waals surface area contributed by atoms with E-state index in [-0.39, 0.29) is 47.4 Å². The van der Waals surface area contributed by atoms with E-state index in [0.29, 0.717) is 23.1 Å². The van der Waals surface area contributed by atoms with E-state index in [4.69, 9.17) is 22.1 Å². The van der Waals surface area contributed by atoms with Crippen LogP contribution in [0.15, 0.2) is 93.8 Å². The van der Waals surface area contributed by atoms with Gasteiger partial charge in [-0.3, -0.25) is 14.6 Å². The number of sulfonamides is 1. The van der Waals surface area contributed by atoms with Crippen molar-refractivity contribution >= 4 is 45.4 Å². The first-order chi connectivity index (χ1) is 20.9. The minimum Gasteiger partial charge on any atom is -0.443 e. The highest BCUT2D eigenvalue weighted by Crippen LogP contribution is 2.26. The number of aryl methyl sites for hydroxylation is 1. The molecule has 11 nitrogen and oxygen atoms in total. The molecule has 0 aromatic heterocycles. The Labute approximate surface area is 260 Å². The van der Waals surface area contributed by atoms with Gasteiger partial charge < -0.3 is 15.8 Å². The standard InChI is InChI=1S/C31H32ClN5O6S/c1-20-15-16-37(36-44(41,42)28-21(2)7-6-10-26(28)32)30(39)25(20)17-27(38)34-18-22-11-13-24(14-12-22)29(33)35-31(40)43-19-23-8-4-3-5-9-23/h3-14,36H,15-19H2,1-2H3,(H,34,38)(H2,33,35,40). The first-order valence-corrected chi connectivity index (χ1v) is 15.5. The Morgan fingerprint density at radius 2 is 1.70 bits per heavy atom. The van der Waals surface area contributed by atoms with Gasteiger partial charge in [0, 0.05) is 24.2 Å². The molecular formula is C31H32ClN5O6S. The van der Waals surface area contributed by atoms with Crippen molar-refractivity contribution in [3.05, 3.63) is 111 Å². The predicted octanol–water partition coefficient (Wildman–Crippen LogP) is 4.14. The number of hydrogen-bond donors (Lipinski definition) is 3. The third kappa shape index (κ3) is 8.31. The Morgan fingerprint density at radius 1 is 1.00 bits per heavy atom. The van der Waals surface area contributed by atoms with Gasteiger partial charge in [0.2, 0.25) is 5.91 Å². The second kappa shape index (κ2) is 14.3. The van der Waals surface area contributed by atoms with Crippen molar-refractivity contribution in [1.29, 1.82) is 0 Å². The summed E-state index contributed by atoms with van der Waals surface area (Å²) in [7, 11) is -4.14. The Morgan fingerprint density at radius 3 is 2.39 bits per heavy atom. The molecule has 1 heterocycles. The summed E-state index contributed by atoms with van der Waals surface area (Å²) in [6, 6.07) is 20.6. The number of amides is 3. The highest BCUT2D eigenvalue weighted by molar-refractivity contribution is 7.89. The van der Waals surface area contributed by atoms with Gasteiger partial charge in [-0.15, -0.1) is 4.83 Å².